The molecule has 0 radical (unpaired) electrons. The van der Waals surface area contributed by atoms with Crippen LogP contribution >= 0.6 is 0 Å². The van der Waals surface area contributed by atoms with Gasteiger partial charge in [-0.1, -0.05) is 6.92 Å². The summed E-state index contributed by atoms with van der Waals surface area (Å²) in [6.07, 6.45) is 5.02. The summed E-state index contributed by atoms with van der Waals surface area (Å²) < 4.78 is 15.3. The quantitative estimate of drug-likeness (QED) is 0.380. The highest BCUT2D eigenvalue weighted by Crippen LogP contribution is 2.32. The third-order valence-electron chi connectivity index (χ3n) is 6.35. The normalized spacial score (nSPS) is 15.4. The van der Waals surface area contributed by atoms with Gasteiger partial charge in [-0.05, 0) is 52.7 Å². The highest BCUT2D eigenvalue weighted by Gasteiger charge is 2.36. The molecule has 0 unspecified atom stereocenters. The molecule has 1 saturated heterocycles. The van der Waals surface area contributed by atoms with Crippen LogP contribution in [0.3, 0.4) is 0 Å². The van der Waals surface area contributed by atoms with Crippen LogP contribution in [0.25, 0.3) is 16.8 Å². The van der Waals surface area contributed by atoms with Crippen molar-refractivity contribution in [3.05, 3.63) is 48.2 Å². The molecular weight excluding hydrogens is 484 g/mol. The van der Waals surface area contributed by atoms with E-state index < -0.39 is 5.60 Å². The lowest BCUT2D eigenvalue weighted by Gasteiger charge is -2.40. The number of hydrogen-bond acceptors (Lipinski definition) is 8. The van der Waals surface area contributed by atoms with Gasteiger partial charge >= 0.3 is 6.09 Å². The molecule has 1 amide bonds. The smallest absolute Gasteiger partial charge is 0.410 e. The molecule has 1 aliphatic rings. The molecule has 1 N–H and O–H groups in total. The van der Waals surface area contributed by atoms with Crippen molar-refractivity contribution in [3.63, 3.8) is 0 Å². The van der Waals surface area contributed by atoms with Crippen molar-refractivity contribution in [2.24, 2.45) is 7.05 Å². The molecule has 4 aromatic heterocycles. The van der Waals surface area contributed by atoms with Crippen molar-refractivity contribution >= 4 is 23.2 Å². The van der Waals surface area contributed by atoms with Gasteiger partial charge in [-0.15, -0.1) is 0 Å². The fraction of sp³-hybridized carbons (Fsp3) is 0.444. The number of nitrogens with zero attached hydrogens (tertiary/aromatic N) is 7. The highest BCUT2D eigenvalue weighted by molar-refractivity contribution is 5.73. The van der Waals surface area contributed by atoms with Crippen molar-refractivity contribution in [1.29, 1.82) is 0 Å². The third-order valence-corrected chi connectivity index (χ3v) is 6.35. The molecule has 11 heteroatoms. The van der Waals surface area contributed by atoms with Gasteiger partial charge in [0.05, 0.1) is 17.8 Å². The Hall–Kier alpha value is -4.15. The predicted molar refractivity (Wildman–Crippen MR) is 144 cm³/mol. The Morgan fingerprint density at radius 2 is 2.00 bits per heavy atom. The average Bonchev–Trinajstić information content (AvgIpc) is 3.38. The molecule has 0 aliphatic carbocycles. The van der Waals surface area contributed by atoms with Gasteiger partial charge in [-0.25, -0.2) is 19.3 Å². The van der Waals surface area contributed by atoms with Gasteiger partial charge in [0, 0.05) is 43.2 Å². The van der Waals surface area contributed by atoms with E-state index in [2.05, 4.69) is 32.4 Å². The summed E-state index contributed by atoms with van der Waals surface area (Å²) in [5.74, 6) is 2.79. The number of nitrogens with one attached hydrogen (secondary N) is 1. The van der Waals surface area contributed by atoms with Crippen molar-refractivity contribution in [2.75, 3.05) is 18.5 Å². The molecule has 0 aromatic carbocycles. The summed E-state index contributed by atoms with van der Waals surface area (Å²) in [4.78, 5) is 23.1. The van der Waals surface area contributed by atoms with Crippen LogP contribution in [-0.4, -0.2) is 65.2 Å². The van der Waals surface area contributed by atoms with E-state index in [1.54, 1.807) is 15.8 Å². The van der Waals surface area contributed by atoms with Crippen LogP contribution in [0.4, 0.5) is 16.4 Å². The third kappa shape index (κ3) is 5.41. The predicted octanol–water partition coefficient (Wildman–Crippen LogP) is 4.53. The summed E-state index contributed by atoms with van der Waals surface area (Å²) in [7, 11) is 1.88. The van der Waals surface area contributed by atoms with Crippen LogP contribution < -0.4 is 10.1 Å². The monoisotopic (exact) mass is 518 g/mol. The van der Waals surface area contributed by atoms with E-state index in [4.69, 9.17) is 9.47 Å². The van der Waals surface area contributed by atoms with E-state index in [9.17, 15) is 4.79 Å². The Bertz CT molecular complexity index is 1470. The zero-order valence-corrected chi connectivity index (χ0v) is 22.7. The molecule has 38 heavy (non-hydrogen) atoms. The molecule has 5 rings (SSSR count). The summed E-state index contributed by atoms with van der Waals surface area (Å²) in [5.41, 5.74) is 3.16. The topological polar surface area (TPSA) is 112 Å². The number of carbonyl (C=O) groups is 1. The number of amides is 1. The van der Waals surface area contributed by atoms with Gasteiger partial charge in [-0.2, -0.15) is 10.2 Å². The van der Waals surface area contributed by atoms with Gasteiger partial charge < -0.3 is 19.7 Å². The Labute approximate surface area is 221 Å². The first kappa shape index (κ1) is 25.5. The average molecular weight is 519 g/mol. The van der Waals surface area contributed by atoms with Crippen LogP contribution in [-0.2, 0) is 18.2 Å². The Morgan fingerprint density at radius 3 is 2.71 bits per heavy atom. The second kappa shape index (κ2) is 9.96. The lowest BCUT2D eigenvalue weighted by atomic mass is 10.1. The number of likely N-dealkylation sites (tertiary alicyclic amines) is 1. The van der Waals surface area contributed by atoms with E-state index in [-0.39, 0.29) is 12.1 Å². The minimum Gasteiger partial charge on any atom is -0.487 e. The molecule has 1 fully saturated rings. The number of aryl methyl sites for hydroxylation is 3. The lowest BCUT2D eigenvalue weighted by Crippen LogP contribution is -2.55. The maximum absolute atomic E-state index is 12.5. The van der Waals surface area contributed by atoms with E-state index >= 15 is 0 Å². The first-order chi connectivity index (χ1) is 18.1. The maximum Gasteiger partial charge on any atom is 0.410 e. The van der Waals surface area contributed by atoms with Gasteiger partial charge in [0.1, 0.15) is 29.5 Å². The van der Waals surface area contributed by atoms with Gasteiger partial charge in [-0.3, -0.25) is 4.68 Å². The number of carbonyl (C=O) groups excluding carboxylic acids is 1. The van der Waals surface area contributed by atoms with Crippen LogP contribution in [0.2, 0.25) is 0 Å². The van der Waals surface area contributed by atoms with Gasteiger partial charge in [0.15, 0.2) is 11.6 Å². The fourth-order valence-corrected chi connectivity index (χ4v) is 4.42. The Kier molecular flexibility index (Phi) is 6.68. The highest BCUT2D eigenvalue weighted by atomic mass is 16.6. The number of aromatic nitrogens is 6. The number of pyridine rings is 1. The van der Waals surface area contributed by atoms with E-state index in [1.807, 2.05) is 69.7 Å². The SMILES string of the molecule is CCc1cc(Nc2cc3cc(-c4c(OC[C@@H]5CCN5C(=O)OC(C)(C)C)cnn4C)ccn3n2)nc(C)n1. The summed E-state index contributed by atoms with van der Waals surface area (Å²) in [6.45, 7) is 10.6. The molecular formula is C27H34N8O3. The summed E-state index contributed by atoms with van der Waals surface area (Å²) >= 11 is 0. The minimum atomic E-state index is -0.525. The van der Waals surface area contributed by atoms with E-state index in [0.29, 0.717) is 24.7 Å². The molecule has 0 saturated carbocycles. The standard InChI is InChI=1S/C27H34N8O3/c1-7-19-13-23(30-17(2)29-19)31-24-14-21-12-18(8-11-35(21)32-24)25-22(15-28-33(25)6)37-16-20-9-10-34(20)26(36)38-27(3,4)5/h8,11-15,20H,7,9-10,16H2,1-6H3,(H,29,30,31,32)/t20-/m0/s1. The van der Waals surface area contributed by atoms with Crippen molar-refractivity contribution < 1.29 is 14.3 Å². The van der Waals surface area contributed by atoms with Crippen molar-refractivity contribution in [1.82, 2.24) is 34.3 Å². The van der Waals surface area contributed by atoms with E-state index in [0.717, 1.165) is 47.0 Å². The fourth-order valence-electron chi connectivity index (χ4n) is 4.42. The zero-order valence-electron chi connectivity index (χ0n) is 22.7. The number of ether oxygens (including phenoxy) is 2. The van der Waals surface area contributed by atoms with Crippen LogP contribution in [0.1, 0.15) is 45.6 Å². The Morgan fingerprint density at radius 1 is 1.18 bits per heavy atom. The molecule has 5 heterocycles. The van der Waals surface area contributed by atoms with Gasteiger partial charge in [0.2, 0.25) is 0 Å². The molecule has 1 atom stereocenters. The summed E-state index contributed by atoms with van der Waals surface area (Å²) in [6, 6.07) is 7.90. The lowest BCUT2D eigenvalue weighted by molar-refractivity contribution is -0.0141. The van der Waals surface area contributed by atoms with Gasteiger partial charge in [0.25, 0.3) is 0 Å². The maximum atomic E-state index is 12.5. The molecule has 0 bridgehead atoms. The molecule has 200 valence electrons. The Balaban J connectivity index is 1.31. The minimum absolute atomic E-state index is 0.0255. The van der Waals surface area contributed by atoms with Crippen molar-refractivity contribution in [3.8, 4) is 17.0 Å². The first-order valence-electron chi connectivity index (χ1n) is 12.9. The number of fused-ring (bicyclic) bond motifs is 1. The number of anilines is 2. The van der Waals surface area contributed by atoms with Crippen LogP contribution in [0.5, 0.6) is 5.75 Å². The summed E-state index contributed by atoms with van der Waals surface area (Å²) in [5, 5.41) is 12.3. The second-order valence-electron chi connectivity index (χ2n) is 10.5. The van der Waals surface area contributed by atoms with Crippen LogP contribution in [0.15, 0.2) is 36.7 Å². The van der Waals surface area contributed by atoms with E-state index in [1.165, 1.54) is 0 Å². The molecule has 11 nitrogen and oxygen atoms in total. The largest absolute Gasteiger partial charge is 0.487 e. The number of hydrogen-bond donors (Lipinski definition) is 1. The molecule has 0 spiro atoms. The molecule has 4 aromatic rings. The zero-order chi connectivity index (χ0) is 27.0. The van der Waals surface area contributed by atoms with Crippen molar-refractivity contribution in [2.45, 2.75) is 59.1 Å². The second-order valence-corrected chi connectivity index (χ2v) is 10.5. The number of rotatable bonds is 7. The van der Waals surface area contributed by atoms with Crippen LogP contribution in [0, 0.1) is 6.92 Å². The first-order valence-corrected chi connectivity index (χ1v) is 12.9. The molecule has 1 aliphatic heterocycles.